The Bertz CT molecular complexity index is 1120. The van der Waals surface area contributed by atoms with Crippen molar-refractivity contribution in [3.8, 4) is 0 Å². The summed E-state index contributed by atoms with van der Waals surface area (Å²) < 4.78 is 26.3. The zero-order chi connectivity index (χ0) is 24.9. The van der Waals surface area contributed by atoms with E-state index in [0.29, 0.717) is 26.9 Å². The maximum atomic E-state index is 13.5. The van der Waals surface area contributed by atoms with Gasteiger partial charge in [0.2, 0.25) is 21.8 Å². The van der Waals surface area contributed by atoms with E-state index in [4.69, 9.17) is 23.2 Å². The van der Waals surface area contributed by atoms with Crippen molar-refractivity contribution in [2.24, 2.45) is 0 Å². The molecule has 0 bridgehead atoms. The Hall–Kier alpha value is -2.29. The van der Waals surface area contributed by atoms with Gasteiger partial charge in [0.1, 0.15) is 12.6 Å². The summed E-state index contributed by atoms with van der Waals surface area (Å²) in [7, 11) is -3.82. The SMILES string of the molecule is Cc1ccc(Cl)cc1N(CC(=O)N(Cc1cccc(Cl)c1)C(C)C(=O)NC(C)C)S(C)(=O)=O. The molecular weight excluding hydrogens is 485 g/mol. The lowest BCUT2D eigenvalue weighted by Gasteiger charge is -2.32. The van der Waals surface area contributed by atoms with Gasteiger partial charge in [-0.25, -0.2) is 8.42 Å². The van der Waals surface area contributed by atoms with Crippen LogP contribution in [0.1, 0.15) is 31.9 Å². The number of carbonyl (C=O) groups excluding carboxylic acids is 2. The number of nitrogens with one attached hydrogen (secondary N) is 1. The lowest BCUT2D eigenvalue weighted by atomic mass is 10.1. The topological polar surface area (TPSA) is 86.8 Å². The molecule has 0 saturated heterocycles. The number of sulfonamides is 1. The van der Waals surface area contributed by atoms with Gasteiger partial charge in [-0.15, -0.1) is 0 Å². The van der Waals surface area contributed by atoms with Crippen LogP contribution in [0.5, 0.6) is 0 Å². The third-order valence-corrected chi connectivity index (χ3v) is 6.56. The van der Waals surface area contributed by atoms with E-state index in [9.17, 15) is 18.0 Å². The molecule has 2 rings (SSSR count). The van der Waals surface area contributed by atoms with Crippen molar-refractivity contribution in [1.82, 2.24) is 10.2 Å². The fourth-order valence-electron chi connectivity index (χ4n) is 3.27. The summed E-state index contributed by atoms with van der Waals surface area (Å²) in [5, 5.41) is 3.64. The van der Waals surface area contributed by atoms with Gasteiger partial charge < -0.3 is 10.2 Å². The molecule has 2 aromatic carbocycles. The van der Waals surface area contributed by atoms with Crippen LogP contribution in [0.15, 0.2) is 42.5 Å². The van der Waals surface area contributed by atoms with Crippen molar-refractivity contribution in [3.05, 3.63) is 63.6 Å². The highest BCUT2D eigenvalue weighted by Crippen LogP contribution is 2.27. The summed E-state index contributed by atoms with van der Waals surface area (Å²) in [5.41, 5.74) is 1.66. The Labute approximate surface area is 205 Å². The molecule has 7 nitrogen and oxygen atoms in total. The van der Waals surface area contributed by atoms with Crippen molar-refractivity contribution < 1.29 is 18.0 Å². The lowest BCUT2D eigenvalue weighted by molar-refractivity contribution is -0.139. The molecule has 0 spiro atoms. The molecule has 180 valence electrons. The fourth-order valence-corrected chi connectivity index (χ4v) is 4.54. The van der Waals surface area contributed by atoms with E-state index in [-0.39, 0.29) is 18.5 Å². The highest BCUT2D eigenvalue weighted by Gasteiger charge is 2.30. The zero-order valence-corrected chi connectivity index (χ0v) is 21.6. The van der Waals surface area contributed by atoms with Gasteiger partial charge in [-0.2, -0.15) is 0 Å². The van der Waals surface area contributed by atoms with Crippen LogP contribution in [0, 0.1) is 6.92 Å². The first-order valence-electron chi connectivity index (χ1n) is 10.4. The van der Waals surface area contributed by atoms with Gasteiger partial charge in [0.15, 0.2) is 0 Å². The van der Waals surface area contributed by atoms with Crippen LogP contribution < -0.4 is 9.62 Å². The minimum Gasteiger partial charge on any atom is -0.352 e. The number of amides is 2. The van der Waals surface area contributed by atoms with Gasteiger partial charge >= 0.3 is 0 Å². The molecule has 2 aromatic rings. The summed E-state index contributed by atoms with van der Waals surface area (Å²) in [5.74, 6) is -0.878. The van der Waals surface area contributed by atoms with Crippen molar-refractivity contribution >= 4 is 50.7 Å². The van der Waals surface area contributed by atoms with Crippen LogP contribution in [0.25, 0.3) is 0 Å². The second kappa shape index (κ2) is 11.2. The second-order valence-corrected chi connectivity index (χ2v) is 11.0. The minimum absolute atomic E-state index is 0.0816. The maximum Gasteiger partial charge on any atom is 0.244 e. The predicted octanol–water partition coefficient (Wildman–Crippen LogP) is 4.01. The highest BCUT2D eigenvalue weighted by atomic mass is 35.5. The third kappa shape index (κ3) is 7.62. The molecule has 10 heteroatoms. The van der Waals surface area contributed by atoms with E-state index < -0.39 is 28.5 Å². The van der Waals surface area contributed by atoms with Crippen LogP contribution in [0.4, 0.5) is 5.69 Å². The molecule has 1 atom stereocenters. The molecule has 0 fully saturated rings. The van der Waals surface area contributed by atoms with Gasteiger partial charge in [-0.05, 0) is 63.1 Å². The molecule has 1 N–H and O–H groups in total. The first-order valence-corrected chi connectivity index (χ1v) is 13.0. The quantitative estimate of drug-likeness (QED) is 0.548. The van der Waals surface area contributed by atoms with E-state index >= 15 is 0 Å². The lowest BCUT2D eigenvalue weighted by Crippen LogP contribution is -2.52. The van der Waals surface area contributed by atoms with Crippen LogP contribution in [0.3, 0.4) is 0 Å². The molecule has 2 amide bonds. The number of hydrogen-bond donors (Lipinski definition) is 1. The fraction of sp³-hybridized carbons (Fsp3) is 0.391. The molecule has 0 saturated carbocycles. The molecule has 0 heterocycles. The van der Waals surface area contributed by atoms with E-state index in [0.717, 1.165) is 10.6 Å². The Morgan fingerprint density at radius 3 is 2.24 bits per heavy atom. The van der Waals surface area contributed by atoms with E-state index in [1.54, 1.807) is 50.2 Å². The first kappa shape index (κ1) is 27.0. The second-order valence-electron chi connectivity index (χ2n) is 8.19. The van der Waals surface area contributed by atoms with Crippen molar-refractivity contribution in [2.75, 3.05) is 17.1 Å². The average Bonchev–Trinajstić information content (AvgIpc) is 2.70. The molecule has 0 aliphatic heterocycles. The predicted molar refractivity (Wildman–Crippen MR) is 133 cm³/mol. The first-order chi connectivity index (χ1) is 15.3. The summed E-state index contributed by atoms with van der Waals surface area (Å²) in [4.78, 5) is 27.5. The van der Waals surface area contributed by atoms with Crippen molar-refractivity contribution in [3.63, 3.8) is 0 Å². The summed E-state index contributed by atoms with van der Waals surface area (Å²) in [6.07, 6.45) is 1.02. The minimum atomic E-state index is -3.82. The van der Waals surface area contributed by atoms with E-state index in [2.05, 4.69) is 5.32 Å². The summed E-state index contributed by atoms with van der Waals surface area (Å²) in [6, 6.07) is 10.8. The number of hydrogen-bond acceptors (Lipinski definition) is 4. The molecule has 33 heavy (non-hydrogen) atoms. The van der Waals surface area contributed by atoms with Gasteiger partial charge in [-0.3, -0.25) is 13.9 Å². The van der Waals surface area contributed by atoms with Gasteiger partial charge in [0.25, 0.3) is 0 Å². The van der Waals surface area contributed by atoms with E-state index in [1.165, 1.54) is 11.0 Å². The molecule has 0 aromatic heterocycles. The normalized spacial score (nSPS) is 12.4. The van der Waals surface area contributed by atoms with Crippen LogP contribution in [-0.4, -0.2) is 50.0 Å². The smallest absolute Gasteiger partial charge is 0.244 e. The Morgan fingerprint density at radius 1 is 1.03 bits per heavy atom. The van der Waals surface area contributed by atoms with Gasteiger partial charge in [0, 0.05) is 22.6 Å². The van der Waals surface area contributed by atoms with Gasteiger partial charge in [0.05, 0.1) is 11.9 Å². The Morgan fingerprint density at radius 2 is 1.67 bits per heavy atom. The number of halogens is 2. The number of benzene rings is 2. The van der Waals surface area contributed by atoms with Crippen molar-refractivity contribution in [2.45, 2.75) is 46.3 Å². The largest absolute Gasteiger partial charge is 0.352 e. The van der Waals surface area contributed by atoms with Crippen molar-refractivity contribution in [1.29, 1.82) is 0 Å². The standard InChI is InChI=1S/C23H29Cl2N3O4S/c1-15(2)26-23(30)17(4)27(13-18-7-6-8-19(24)11-18)22(29)14-28(33(5,31)32)21-12-20(25)10-9-16(21)3/h6-12,15,17H,13-14H2,1-5H3,(H,26,30). The number of nitrogens with zero attached hydrogens (tertiary/aromatic N) is 2. The molecule has 0 aliphatic rings. The number of anilines is 1. The molecule has 0 radical (unpaired) electrons. The molecule has 1 unspecified atom stereocenters. The third-order valence-electron chi connectivity index (χ3n) is 4.96. The Kier molecular flexibility index (Phi) is 9.17. The van der Waals surface area contributed by atoms with Gasteiger partial charge in [-0.1, -0.05) is 41.4 Å². The number of aryl methyl sites for hydroxylation is 1. The van der Waals surface area contributed by atoms with E-state index in [1.807, 2.05) is 13.8 Å². The summed E-state index contributed by atoms with van der Waals surface area (Å²) >= 11 is 12.2. The highest BCUT2D eigenvalue weighted by molar-refractivity contribution is 7.92. The summed E-state index contributed by atoms with van der Waals surface area (Å²) in [6.45, 7) is 6.58. The van der Waals surface area contributed by atoms with Crippen LogP contribution in [0.2, 0.25) is 10.0 Å². The monoisotopic (exact) mass is 513 g/mol. The molecule has 0 aliphatic carbocycles. The Balaban J connectivity index is 2.44. The maximum absolute atomic E-state index is 13.5. The zero-order valence-electron chi connectivity index (χ0n) is 19.3. The number of rotatable bonds is 9. The van der Waals surface area contributed by atoms with Crippen LogP contribution >= 0.6 is 23.2 Å². The van der Waals surface area contributed by atoms with Crippen LogP contribution in [-0.2, 0) is 26.2 Å². The molecular formula is C23H29Cl2N3O4S. The number of carbonyl (C=O) groups is 2. The average molecular weight is 514 g/mol.